The normalized spacial score (nSPS) is 11.0. The van der Waals surface area contributed by atoms with Crippen molar-refractivity contribution in [2.45, 2.75) is 20.3 Å². The van der Waals surface area contributed by atoms with E-state index in [0.717, 1.165) is 11.1 Å². The fourth-order valence-electron chi connectivity index (χ4n) is 3.85. The molecule has 5 nitrogen and oxygen atoms in total. The van der Waals surface area contributed by atoms with E-state index in [4.69, 9.17) is 16.3 Å². The van der Waals surface area contributed by atoms with Crippen LogP contribution < -0.4 is 0 Å². The number of hydrogen-bond donors (Lipinski definition) is 0. The van der Waals surface area contributed by atoms with Gasteiger partial charge in [-0.1, -0.05) is 54.1 Å². The van der Waals surface area contributed by atoms with Crippen molar-refractivity contribution >= 4 is 29.4 Å². The minimum absolute atomic E-state index is 0.113. The van der Waals surface area contributed by atoms with Gasteiger partial charge in [-0.05, 0) is 42.2 Å². The van der Waals surface area contributed by atoms with Crippen LogP contribution in [0.1, 0.15) is 44.5 Å². The second kappa shape index (κ2) is 8.93. The van der Waals surface area contributed by atoms with Crippen LogP contribution >= 0.6 is 11.6 Å². The third-order valence-electron chi connectivity index (χ3n) is 5.45. The van der Waals surface area contributed by atoms with E-state index in [1.54, 1.807) is 19.9 Å². The lowest BCUT2D eigenvalue weighted by Crippen LogP contribution is -2.08. The minimum Gasteiger partial charge on any atom is -0.462 e. The molecule has 0 N–H and O–H groups in total. The third kappa shape index (κ3) is 3.67. The summed E-state index contributed by atoms with van der Waals surface area (Å²) in [5.41, 5.74) is 4.19. The molecule has 0 bridgehead atoms. The van der Waals surface area contributed by atoms with Crippen LogP contribution in [0.2, 0.25) is 5.02 Å². The van der Waals surface area contributed by atoms with E-state index in [1.807, 2.05) is 36.4 Å². The van der Waals surface area contributed by atoms with Gasteiger partial charge in [0.25, 0.3) is 0 Å². The van der Waals surface area contributed by atoms with Crippen molar-refractivity contribution in [3.63, 3.8) is 0 Å². The second-order valence-corrected chi connectivity index (χ2v) is 7.65. The van der Waals surface area contributed by atoms with Crippen molar-refractivity contribution in [1.29, 1.82) is 0 Å². The van der Waals surface area contributed by atoms with Crippen LogP contribution in [-0.4, -0.2) is 28.5 Å². The number of carbonyl (C=O) groups excluding carboxylic acids is 2. The summed E-state index contributed by atoms with van der Waals surface area (Å²) in [5.74, 6) is -0.913. The Morgan fingerprint density at radius 2 is 1.94 bits per heavy atom. The van der Waals surface area contributed by atoms with Gasteiger partial charge < -0.3 is 4.74 Å². The molecule has 4 aromatic rings. The largest absolute Gasteiger partial charge is 0.462 e. The van der Waals surface area contributed by atoms with Crippen LogP contribution in [0.5, 0.6) is 0 Å². The number of carbonyl (C=O) groups is 2. The van der Waals surface area contributed by atoms with Gasteiger partial charge in [-0.3, -0.25) is 4.79 Å². The highest BCUT2D eigenvalue weighted by molar-refractivity contribution is 6.37. The summed E-state index contributed by atoms with van der Waals surface area (Å²) < 4.78 is 20.8. The summed E-state index contributed by atoms with van der Waals surface area (Å²) in [5, 5.41) is 4.47. The smallest absolute Gasteiger partial charge is 0.341 e. The molecule has 2 aromatic carbocycles. The summed E-state index contributed by atoms with van der Waals surface area (Å²) in [4.78, 5) is 24.6. The standard InChI is InChI=1S/C25H20ClFN2O3/c1-3-32-25(31)19-13-28-29-21(14-30)18(12-17-10-7-11-20(27)15(17)2)22(24(29)23(19)26)16-8-5-4-6-9-16/h4-11,13-14H,3,12H2,1-2H3. The minimum atomic E-state index is -0.595. The van der Waals surface area contributed by atoms with Crippen molar-refractivity contribution in [3.8, 4) is 11.1 Å². The molecule has 0 aliphatic rings. The maximum Gasteiger partial charge on any atom is 0.341 e. The molecule has 0 saturated heterocycles. The average molecular weight is 451 g/mol. The summed E-state index contributed by atoms with van der Waals surface area (Å²) >= 11 is 6.69. The number of hydrogen-bond acceptors (Lipinski definition) is 4. The van der Waals surface area contributed by atoms with E-state index in [0.29, 0.717) is 34.2 Å². The first-order valence-corrected chi connectivity index (χ1v) is 10.5. The van der Waals surface area contributed by atoms with Crippen molar-refractivity contribution in [1.82, 2.24) is 9.61 Å². The topological polar surface area (TPSA) is 60.7 Å². The van der Waals surface area contributed by atoms with Crippen LogP contribution in [0.15, 0.2) is 54.7 Å². The second-order valence-electron chi connectivity index (χ2n) is 7.28. The van der Waals surface area contributed by atoms with Crippen LogP contribution in [0.25, 0.3) is 16.6 Å². The first kappa shape index (κ1) is 21.7. The van der Waals surface area contributed by atoms with E-state index in [-0.39, 0.29) is 29.4 Å². The monoisotopic (exact) mass is 450 g/mol. The van der Waals surface area contributed by atoms with Crippen LogP contribution in [0, 0.1) is 12.7 Å². The summed E-state index contributed by atoms with van der Waals surface area (Å²) in [6, 6.07) is 14.3. The quantitative estimate of drug-likeness (QED) is 0.280. The number of esters is 1. The molecule has 0 unspecified atom stereocenters. The molecule has 0 aliphatic carbocycles. The number of aromatic nitrogens is 2. The molecule has 0 atom stereocenters. The van der Waals surface area contributed by atoms with Gasteiger partial charge in [0.15, 0.2) is 6.29 Å². The molecule has 32 heavy (non-hydrogen) atoms. The maximum absolute atomic E-state index is 14.2. The molecule has 0 aliphatic heterocycles. The van der Waals surface area contributed by atoms with Gasteiger partial charge in [-0.2, -0.15) is 5.10 Å². The number of aldehydes is 1. The lowest BCUT2D eigenvalue weighted by Gasteiger charge is -2.10. The molecule has 0 saturated carbocycles. The summed E-state index contributed by atoms with van der Waals surface area (Å²) in [6.45, 7) is 3.60. The Bertz CT molecular complexity index is 1330. The van der Waals surface area contributed by atoms with Crippen LogP contribution in [0.3, 0.4) is 0 Å². The van der Waals surface area contributed by atoms with Gasteiger partial charge in [-0.15, -0.1) is 0 Å². The molecule has 0 fully saturated rings. The molecule has 2 aromatic heterocycles. The Balaban J connectivity index is 2.06. The Morgan fingerprint density at radius 3 is 2.62 bits per heavy atom. The van der Waals surface area contributed by atoms with Crippen molar-refractivity contribution < 1.29 is 18.7 Å². The Hall–Kier alpha value is -3.51. The predicted octanol–water partition coefficient (Wildman–Crippen LogP) is 5.68. The molecule has 2 heterocycles. The fraction of sp³-hybridized carbons (Fsp3) is 0.160. The Labute approximate surface area is 189 Å². The summed E-state index contributed by atoms with van der Waals surface area (Å²) in [7, 11) is 0. The van der Waals surface area contributed by atoms with Gasteiger partial charge in [0, 0.05) is 12.0 Å². The predicted molar refractivity (Wildman–Crippen MR) is 121 cm³/mol. The highest BCUT2D eigenvalue weighted by Crippen LogP contribution is 2.39. The van der Waals surface area contributed by atoms with E-state index in [1.165, 1.54) is 16.8 Å². The van der Waals surface area contributed by atoms with E-state index < -0.39 is 5.97 Å². The fourth-order valence-corrected chi connectivity index (χ4v) is 4.15. The summed E-state index contributed by atoms with van der Waals surface area (Å²) in [6.07, 6.45) is 2.29. The molecule has 4 rings (SSSR count). The van der Waals surface area contributed by atoms with E-state index >= 15 is 0 Å². The Morgan fingerprint density at radius 1 is 1.19 bits per heavy atom. The third-order valence-corrected chi connectivity index (χ3v) is 5.83. The zero-order valence-electron chi connectivity index (χ0n) is 17.6. The van der Waals surface area contributed by atoms with Gasteiger partial charge in [0.05, 0.1) is 23.3 Å². The lowest BCUT2D eigenvalue weighted by atomic mass is 9.94. The van der Waals surface area contributed by atoms with Crippen LogP contribution in [-0.2, 0) is 11.2 Å². The average Bonchev–Trinajstić information content (AvgIpc) is 3.11. The van der Waals surface area contributed by atoms with E-state index in [9.17, 15) is 14.0 Å². The van der Waals surface area contributed by atoms with Gasteiger partial charge in [0.2, 0.25) is 0 Å². The molecule has 7 heteroatoms. The molecular weight excluding hydrogens is 431 g/mol. The molecule has 162 valence electrons. The first-order valence-electron chi connectivity index (χ1n) is 10.1. The van der Waals surface area contributed by atoms with Gasteiger partial charge >= 0.3 is 5.97 Å². The molecule has 0 amide bonds. The number of rotatable bonds is 6. The number of nitrogens with zero attached hydrogens (tertiary/aromatic N) is 2. The van der Waals surface area contributed by atoms with Gasteiger partial charge in [-0.25, -0.2) is 13.7 Å². The molecule has 0 radical (unpaired) electrons. The molecular formula is C25H20ClFN2O3. The van der Waals surface area contributed by atoms with Crippen molar-refractivity contribution in [2.24, 2.45) is 0 Å². The number of halogens is 2. The maximum atomic E-state index is 14.2. The zero-order chi connectivity index (χ0) is 22.8. The first-order chi connectivity index (χ1) is 15.5. The number of fused-ring (bicyclic) bond motifs is 1. The number of benzene rings is 2. The number of ether oxygens (including phenoxy) is 1. The van der Waals surface area contributed by atoms with Crippen LogP contribution in [0.4, 0.5) is 4.39 Å². The van der Waals surface area contributed by atoms with E-state index in [2.05, 4.69) is 5.10 Å². The lowest BCUT2D eigenvalue weighted by molar-refractivity contribution is 0.0526. The highest BCUT2D eigenvalue weighted by atomic mass is 35.5. The zero-order valence-corrected chi connectivity index (χ0v) is 18.3. The SMILES string of the molecule is CCOC(=O)c1cnn2c(C=O)c(Cc3cccc(F)c3C)c(-c3ccccc3)c2c1Cl. The Kier molecular flexibility index (Phi) is 6.06. The van der Waals surface area contributed by atoms with Crippen molar-refractivity contribution in [2.75, 3.05) is 6.61 Å². The van der Waals surface area contributed by atoms with Gasteiger partial charge in [0.1, 0.15) is 17.1 Å². The van der Waals surface area contributed by atoms with Crippen molar-refractivity contribution in [3.05, 3.63) is 93.5 Å². The molecule has 0 spiro atoms. The highest BCUT2D eigenvalue weighted by Gasteiger charge is 2.26.